The Hall–Kier alpha value is -2.14. The summed E-state index contributed by atoms with van der Waals surface area (Å²) >= 11 is 6.03. The molecule has 0 saturated heterocycles. The minimum absolute atomic E-state index is 0.101. The third-order valence-electron chi connectivity index (χ3n) is 3.74. The first-order valence-electron chi connectivity index (χ1n) is 6.62. The average Bonchev–Trinajstić information content (AvgIpc) is 2.40. The van der Waals surface area contributed by atoms with Crippen molar-refractivity contribution in [1.82, 2.24) is 10.3 Å². The van der Waals surface area contributed by atoms with E-state index < -0.39 is 5.97 Å². The summed E-state index contributed by atoms with van der Waals surface area (Å²) in [6.07, 6.45) is 2.55. The SMILES string of the molecule is O=C(NC1CC(C(=O)O)C1)c1cc(Cl)cc2cccnc12. The highest BCUT2D eigenvalue weighted by molar-refractivity contribution is 6.32. The second kappa shape index (κ2) is 5.33. The van der Waals surface area contributed by atoms with Gasteiger partial charge in [0.05, 0.1) is 17.0 Å². The lowest BCUT2D eigenvalue weighted by Gasteiger charge is -2.32. The maximum atomic E-state index is 12.3. The third-order valence-corrected chi connectivity index (χ3v) is 3.96. The molecule has 3 rings (SSSR count). The number of fused-ring (bicyclic) bond motifs is 1. The zero-order valence-corrected chi connectivity index (χ0v) is 11.8. The predicted octanol–water partition coefficient (Wildman–Crippen LogP) is 2.48. The van der Waals surface area contributed by atoms with E-state index in [1.165, 1.54) is 0 Å². The van der Waals surface area contributed by atoms with E-state index in [4.69, 9.17) is 16.7 Å². The molecule has 1 saturated carbocycles. The van der Waals surface area contributed by atoms with E-state index >= 15 is 0 Å². The largest absolute Gasteiger partial charge is 0.481 e. The molecule has 2 aromatic rings. The van der Waals surface area contributed by atoms with Crippen molar-refractivity contribution in [2.24, 2.45) is 5.92 Å². The number of pyridine rings is 1. The lowest BCUT2D eigenvalue weighted by atomic mass is 9.80. The fourth-order valence-electron chi connectivity index (χ4n) is 2.53. The summed E-state index contributed by atoms with van der Waals surface area (Å²) in [5, 5.41) is 12.9. The molecule has 5 nitrogen and oxygen atoms in total. The lowest BCUT2D eigenvalue weighted by Crippen LogP contribution is -2.46. The van der Waals surface area contributed by atoms with Gasteiger partial charge in [0.1, 0.15) is 0 Å². The van der Waals surface area contributed by atoms with E-state index in [1.54, 1.807) is 24.4 Å². The Morgan fingerprint density at radius 3 is 2.81 bits per heavy atom. The van der Waals surface area contributed by atoms with Gasteiger partial charge in [0.2, 0.25) is 0 Å². The number of amides is 1. The molecule has 0 bridgehead atoms. The van der Waals surface area contributed by atoms with Gasteiger partial charge in [0, 0.05) is 22.6 Å². The number of carboxylic acid groups (broad SMARTS) is 1. The summed E-state index contributed by atoms with van der Waals surface area (Å²) in [6, 6.07) is 6.86. The molecule has 108 valence electrons. The zero-order chi connectivity index (χ0) is 15.0. The monoisotopic (exact) mass is 304 g/mol. The molecule has 0 radical (unpaired) electrons. The number of carbonyl (C=O) groups excluding carboxylic acids is 1. The molecule has 1 aromatic heterocycles. The van der Waals surface area contributed by atoms with Crippen LogP contribution in [-0.4, -0.2) is 28.0 Å². The Balaban J connectivity index is 1.81. The van der Waals surface area contributed by atoms with Crippen LogP contribution < -0.4 is 5.32 Å². The van der Waals surface area contributed by atoms with E-state index in [2.05, 4.69) is 10.3 Å². The normalized spacial score (nSPS) is 20.8. The fourth-order valence-corrected chi connectivity index (χ4v) is 2.76. The number of aliphatic carboxylic acids is 1. The highest BCUT2D eigenvalue weighted by atomic mass is 35.5. The van der Waals surface area contributed by atoms with Gasteiger partial charge in [-0.15, -0.1) is 0 Å². The summed E-state index contributed by atoms with van der Waals surface area (Å²) in [5.41, 5.74) is 1.00. The Labute approximate surface area is 125 Å². The molecule has 2 N–H and O–H groups in total. The van der Waals surface area contributed by atoms with Crippen LogP contribution in [0.5, 0.6) is 0 Å². The molecular weight excluding hydrogens is 292 g/mol. The van der Waals surface area contributed by atoms with E-state index in [0.29, 0.717) is 28.9 Å². The van der Waals surface area contributed by atoms with Crippen LogP contribution in [0.15, 0.2) is 30.5 Å². The van der Waals surface area contributed by atoms with Crippen molar-refractivity contribution in [2.75, 3.05) is 0 Å². The third kappa shape index (κ3) is 2.69. The van der Waals surface area contributed by atoms with Crippen molar-refractivity contribution < 1.29 is 14.7 Å². The maximum Gasteiger partial charge on any atom is 0.306 e. The first kappa shape index (κ1) is 13.8. The number of carboxylic acids is 1. The zero-order valence-electron chi connectivity index (χ0n) is 11.0. The summed E-state index contributed by atoms with van der Waals surface area (Å²) in [7, 11) is 0. The molecule has 1 aliphatic rings. The number of nitrogens with one attached hydrogen (secondary N) is 1. The highest BCUT2D eigenvalue weighted by Gasteiger charge is 2.35. The highest BCUT2D eigenvalue weighted by Crippen LogP contribution is 2.28. The summed E-state index contributed by atoms with van der Waals surface area (Å²) < 4.78 is 0. The van der Waals surface area contributed by atoms with E-state index in [1.807, 2.05) is 6.07 Å². The second-order valence-electron chi connectivity index (χ2n) is 5.21. The topological polar surface area (TPSA) is 79.3 Å². The predicted molar refractivity (Wildman–Crippen MR) is 78.4 cm³/mol. The van der Waals surface area contributed by atoms with Gasteiger partial charge < -0.3 is 10.4 Å². The van der Waals surface area contributed by atoms with Gasteiger partial charge in [-0.3, -0.25) is 14.6 Å². The fraction of sp³-hybridized carbons (Fsp3) is 0.267. The van der Waals surface area contributed by atoms with E-state index in [0.717, 1.165) is 5.39 Å². The van der Waals surface area contributed by atoms with Gasteiger partial charge in [-0.25, -0.2) is 0 Å². The van der Waals surface area contributed by atoms with Crippen LogP contribution in [0.1, 0.15) is 23.2 Å². The van der Waals surface area contributed by atoms with Crippen LogP contribution >= 0.6 is 11.6 Å². The minimum atomic E-state index is -0.810. The number of aromatic nitrogens is 1. The van der Waals surface area contributed by atoms with Crippen LogP contribution in [0.3, 0.4) is 0 Å². The molecule has 1 aromatic carbocycles. The van der Waals surface area contributed by atoms with Crippen molar-refractivity contribution >= 4 is 34.4 Å². The van der Waals surface area contributed by atoms with Gasteiger partial charge in [-0.2, -0.15) is 0 Å². The number of carbonyl (C=O) groups is 2. The minimum Gasteiger partial charge on any atom is -0.481 e. The van der Waals surface area contributed by atoms with Crippen LogP contribution in [-0.2, 0) is 4.79 Å². The van der Waals surface area contributed by atoms with Crippen molar-refractivity contribution in [3.8, 4) is 0 Å². The number of halogens is 1. The Morgan fingerprint density at radius 2 is 2.10 bits per heavy atom. The number of rotatable bonds is 3. The van der Waals surface area contributed by atoms with Gasteiger partial charge in [-0.1, -0.05) is 17.7 Å². The summed E-state index contributed by atoms with van der Waals surface area (Å²) in [4.78, 5) is 27.3. The van der Waals surface area contributed by atoms with Crippen LogP contribution in [0.4, 0.5) is 0 Å². The first-order valence-corrected chi connectivity index (χ1v) is 7.00. The quantitative estimate of drug-likeness (QED) is 0.913. The number of benzene rings is 1. The molecule has 1 aliphatic carbocycles. The second-order valence-corrected chi connectivity index (χ2v) is 5.64. The molecule has 0 atom stereocenters. The van der Waals surface area contributed by atoms with Gasteiger partial charge in [0.15, 0.2) is 0 Å². The Morgan fingerprint density at radius 1 is 1.33 bits per heavy atom. The van der Waals surface area contributed by atoms with E-state index in [9.17, 15) is 9.59 Å². The molecule has 6 heteroatoms. The molecule has 1 fully saturated rings. The summed E-state index contributed by atoms with van der Waals surface area (Å²) in [5.74, 6) is -1.44. The van der Waals surface area contributed by atoms with Gasteiger partial charge in [0.25, 0.3) is 5.91 Å². The molecule has 21 heavy (non-hydrogen) atoms. The first-order chi connectivity index (χ1) is 10.0. The molecular formula is C15H13ClN2O3. The maximum absolute atomic E-state index is 12.3. The standard InChI is InChI=1S/C15H13ClN2O3/c16-10-4-8-2-1-3-17-13(8)12(7-10)14(19)18-11-5-9(6-11)15(20)21/h1-4,7,9,11H,5-6H2,(H,18,19)(H,20,21). The lowest BCUT2D eigenvalue weighted by molar-refractivity contribution is -0.145. The molecule has 0 unspecified atom stereocenters. The van der Waals surface area contributed by atoms with Crippen molar-refractivity contribution in [2.45, 2.75) is 18.9 Å². The van der Waals surface area contributed by atoms with Crippen molar-refractivity contribution in [1.29, 1.82) is 0 Å². The van der Waals surface area contributed by atoms with Crippen molar-refractivity contribution in [3.05, 3.63) is 41.0 Å². The number of hydrogen-bond donors (Lipinski definition) is 2. The molecule has 1 heterocycles. The van der Waals surface area contributed by atoms with Crippen LogP contribution in [0.25, 0.3) is 10.9 Å². The molecule has 1 amide bonds. The van der Waals surface area contributed by atoms with Gasteiger partial charge in [-0.05, 0) is 31.0 Å². The van der Waals surface area contributed by atoms with Crippen LogP contribution in [0.2, 0.25) is 5.02 Å². The molecule has 0 aliphatic heterocycles. The summed E-state index contributed by atoms with van der Waals surface area (Å²) in [6.45, 7) is 0. The number of nitrogens with zero attached hydrogens (tertiary/aromatic N) is 1. The Bertz CT molecular complexity index is 726. The average molecular weight is 305 g/mol. The number of hydrogen-bond acceptors (Lipinski definition) is 3. The Kier molecular flexibility index (Phi) is 3.51. The van der Waals surface area contributed by atoms with Crippen LogP contribution in [0, 0.1) is 5.92 Å². The molecule has 0 spiro atoms. The van der Waals surface area contributed by atoms with Crippen molar-refractivity contribution in [3.63, 3.8) is 0 Å². The van der Waals surface area contributed by atoms with Gasteiger partial charge >= 0.3 is 5.97 Å². The smallest absolute Gasteiger partial charge is 0.306 e. The van der Waals surface area contributed by atoms with E-state index in [-0.39, 0.29) is 17.9 Å².